The van der Waals surface area contributed by atoms with Crippen LogP contribution in [0.25, 0.3) is 0 Å². The van der Waals surface area contributed by atoms with Gasteiger partial charge in [-0.15, -0.1) is 0 Å². The van der Waals surface area contributed by atoms with Crippen molar-refractivity contribution in [2.75, 3.05) is 5.32 Å². The van der Waals surface area contributed by atoms with E-state index in [1.165, 1.54) is 18.2 Å². The first-order chi connectivity index (χ1) is 9.88. The molecule has 1 N–H and O–H groups in total. The normalized spacial score (nSPS) is 10.5. The minimum absolute atomic E-state index is 0.0839. The van der Waals surface area contributed by atoms with Crippen LogP contribution in [0.2, 0.25) is 0 Å². The Kier molecular flexibility index (Phi) is 4.46. The van der Waals surface area contributed by atoms with E-state index in [1.807, 2.05) is 0 Å². The van der Waals surface area contributed by atoms with Crippen LogP contribution in [0, 0.1) is 27.6 Å². The van der Waals surface area contributed by atoms with Crippen molar-refractivity contribution in [3.8, 4) is 0 Å². The Morgan fingerprint density at radius 2 is 1.76 bits per heavy atom. The van der Waals surface area contributed by atoms with Crippen LogP contribution in [-0.2, 0) is 6.54 Å². The molecule has 2 aromatic rings. The van der Waals surface area contributed by atoms with Gasteiger partial charge in [0.05, 0.1) is 10.6 Å². The number of rotatable bonds is 4. The smallest absolute Gasteiger partial charge is 0.270 e. The molecule has 110 valence electrons. The number of nitrogens with one attached hydrogen (secondary N) is 1. The molecular weight excluding hydrogens is 353 g/mol. The molecule has 21 heavy (non-hydrogen) atoms. The Bertz CT molecular complexity index is 710. The zero-order valence-electron chi connectivity index (χ0n) is 10.4. The second-order valence-electron chi connectivity index (χ2n) is 4.13. The number of non-ortho nitro benzene ring substituents is 1. The first-order valence-electron chi connectivity index (χ1n) is 5.69. The average molecular weight is 361 g/mol. The zero-order chi connectivity index (χ0) is 15.6. The number of benzene rings is 2. The van der Waals surface area contributed by atoms with Crippen molar-refractivity contribution in [3.05, 3.63) is 67.9 Å². The predicted octanol–water partition coefficient (Wildman–Crippen LogP) is 4.39. The van der Waals surface area contributed by atoms with Gasteiger partial charge in [0, 0.05) is 35.3 Å². The number of halogens is 4. The molecule has 2 rings (SSSR count). The maximum atomic E-state index is 13.4. The lowest BCUT2D eigenvalue weighted by Crippen LogP contribution is -2.04. The number of nitro benzene ring substituents is 1. The molecule has 0 aliphatic carbocycles. The molecular formula is C13H8BrF3N2O2. The molecule has 0 spiro atoms. The summed E-state index contributed by atoms with van der Waals surface area (Å²) in [5, 5.41) is 13.2. The SMILES string of the molecule is O=[N+]([O-])c1ccc(CNc2cc(F)c(F)cc2F)c(Br)c1. The largest absolute Gasteiger partial charge is 0.378 e. The first kappa shape index (κ1) is 15.3. The Hall–Kier alpha value is -2.09. The molecule has 8 heteroatoms. The van der Waals surface area contributed by atoms with Gasteiger partial charge in [0.1, 0.15) is 5.82 Å². The van der Waals surface area contributed by atoms with Crippen molar-refractivity contribution in [2.45, 2.75) is 6.54 Å². The Morgan fingerprint density at radius 3 is 2.38 bits per heavy atom. The second kappa shape index (κ2) is 6.13. The van der Waals surface area contributed by atoms with Crippen molar-refractivity contribution < 1.29 is 18.1 Å². The lowest BCUT2D eigenvalue weighted by atomic mass is 10.2. The summed E-state index contributed by atoms with van der Waals surface area (Å²) >= 11 is 3.16. The fourth-order valence-corrected chi connectivity index (χ4v) is 2.15. The predicted molar refractivity (Wildman–Crippen MR) is 74.4 cm³/mol. The standard InChI is InChI=1S/C13H8BrF3N2O2/c14-9-3-8(19(20)21)2-1-7(9)6-18-13-5-11(16)10(15)4-12(13)17/h1-5,18H,6H2. The molecule has 0 saturated heterocycles. The topological polar surface area (TPSA) is 55.2 Å². The van der Waals surface area contributed by atoms with Gasteiger partial charge in [0.25, 0.3) is 5.69 Å². The number of hydrogen-bond donors (Lipinski definition) is 1. The van der Waals surface area contributed by atoms with Crippen molar-refractivity contribution in [2.24, 2.45) is 0 Å². The van der Waals surface area contributed by atoms with Gasteiger partial charge in [-0.05, 0) is 11.6 Å². The second-order valence-corrected chi connectivity index (χ2v) is 4.99. The molecule has 0 aliphatic heterocycles. The molecule has 0 atom stereocenters. The van der Waals surface area contributed by atoms with Crippen molar-refractivity contribution >= 4 is 27.3 Å². The quantitative estimate of drug-likeness (QED) is 0.499. The number of nitrogens with zero attached hydrogens (tertiary/aromatic N) is 1. The third kappa shape index (κ3) is 3.52. The molecule has 0 aromatic heterocycles. The van der Waals surface area contributed by atoms with Gasteiger partial charge < -0.3 is 5.32 Å². The number of hydrogen-bond acceptors (Lipinski definition) is 3. The average Bonchev–Trinajstić information content (AvgIpc) is 2.42. The van der Waals surface area contributed by atoms with E-state index in [4.69, 9.17) is 0 Å². The summed E-state index contributed by atoms with van der Waals surface area (Å²) in [6, 6.07) is 5.24. The lowest BCUT2D eigenvalue weighted by Gasteiger charge is -2.09. The van der Waals surface area contributed by atoms with Crippen LogP contribution in [0.4, 0.5) is 24.5 Å². The van der Waals surface area contributed by atoms with E-state index in [9.17, 15) is 23.3 Å². The molecule has 0 heterocycles. The van der Waals surface area contributed by atoms with Crippen LogP contribution in [0.1, 0.15) is 5.56 Å². The van der Waals surface area contributed by atoms with Gasteiger partial charge in [0.2, 0.25) is 0 Å². The summed E-state index contributed by atoms with van der Waals surface area (Å²) in [5.74, 6) is -3.36. The first-order valence-corrected chi connectivity index (χ1v) is 6.49. The molecule has 0 amide bonds. The van der Waals surface area contributed by atoms with E-state index in [2.05, 4.69) is 21.2 Å². The lowest BCUT2D eigenvalue weighted by molar-refractivity contribution is -0.384. The Labute approximate surface area is 125 Å². The van der Waals surface area contributed by atoms with Gasteiger partial charge in [-0.2, -0.15) is 0 Å². The summed E-state index contributed by atoms with van der Waals surface area (Å²) in [6.45, 7) is 0.0839. The van der Waals surface area contributed by atoms with E-state index in [1.54, 1.807) is 0 Å². The van der Waals surface area contributed by atoms with E-state index >= 15 is 0 Å². The minimum Gasteiger partial charge on any atom is -0.378 e. The molecule has 0 radical (unpaired) electrons. The van der Waals surface area contributed by atoms with Crippen LogP contribution < -0.4 is 5.32 Å². The van der Waals surface area contributed by atoms with E-state index in [0.717, 1.165) is 0 Å². The van der Waals surface area contributed by atoms with Crippen molar-refractivity contribution in [1.82, 2.24) is 0 Å². The van der Waals surface area contributed by atoms with Crippen LogP contribution in [0.3, 0.4) is 0 Å². The highest BCUT2D eigenvalue weighted by atomic mass is 79.9. The molecule has 4 nitrogen and oxygen atoms in total. The van der Waals surface area contributed by atoms with E-state index in [0.29, 0.717) is 22.2 Å². The molecule has 0 aliphatic rings. The van der Waals surface area contributed by atoms with Gasteiger partial charge in [0.15, 0.2) is 11.6 Å². The minimum atomic E-state index is -1.27. The van der Waals surface area contributed by atoms with E-state index < -0.39 is 22.4 Å². The summed E-state index contributed by atoms with van der Waals surface area (Å²) < 4.78 is 39.7. The highest BCUT2D eigenvalue weighted by Crippen LogP contribution is 2.25. The van der Waals surface area contributed by atoms with Gasteiger partial charge in [-0.1, -0.05) is 15.9 Å². The molecule has 0 saturated carbocycles. The van der Waals surface area contributed by atoms with Gasteiger partial charge in [-0.25, -0.2) is 13.2 Å². The van der Waals surface area contributed by atoms with Crippen LogP contribution in [-0.4, -0.2) is 4.92 Å². The summed E-state index contributed by atoms with van der Waals surface area (Å²) in [6.07, 6.45) is 0. The maximum Gasteiger partial charge on any atom is 0.270 e. The van der Waals surface area contributed by atoms with Gasteiger partial charge >= 0.3 is 0 Å². The highest BCUT2D eigenvalue weighted by molar-refractivity contribution is 9.10. The zero-order valence-corrected chi connectivity index (χ0v) is 12.0. The number of nitro groups is 1. The summed E-state index contributed by atoms with van der Waals surface area (Å²) in [4.78, 5) is 10.1. The van der Waals surface area contributed by atoms with E-state index in [-0.39, 0.29) is 17.9 Å². The summed E-state index contributed by atoms with van der Waals surface area (Å²) in [5.41, 5.74) is 0.313. The Morgan fingerprint density at radius 1 is 1.10 bits per heavy atom. The molecule has 0 bridgehead atoms. The monoisotopic (exact) mass is 360 g/mol. The molecule has 2 aromatic carbocycles. The third-order valence-electron chi connectivity index (χ3n) is 2.73. The number of anilines is 1. The fraction of sp³-hybridized carbons (Fsp3) is 0.0769. The van der Waals surface area contributed by atoms with Crippen LogP contribution in [0.5, 0.6) is 0 Å². The highest BCUT2D eigenvalue weighted by Gasteiger charge is 2.12. The van der Waals surface area contributed by atoms with Crippen molar-refractivity contribution in [1.29, 1.82) is 0 Å². The van der Waals surface area contributed by atoms with Crippen LogP contribution in [0.15, 0.2) is 34.8 Å². The maximum absolute atomic E-state index is 13.4. The fourth-order valence-electron chi connectivity index (χ4n) is 1.64. The Balaban J connectivity index is 2.17. The van der Waals surface area contributed by atoms with Crippen molar-refractivity contribution in [3.63, 3.8) is 0 Å². The molecule has 0 unspecified atom stereocenters. The molecule has 0 fully saturated rings. The van der Waals surface area contributed by atoms with Crippen LogP contribution >= 0.6 is 15.9 Å². The third-order valence-corrected chi connectivity index (χ3v) is 3.46. The van der Waals surface area contributed by atoms with Gasteiger partial charge in [-0.3, -0.25) is 10.1 Å². The summed E-state index contributed by atoms with van der Waals surface area (Å²) in [7, 11) is 0.